The van der Waals surface area contributed by atoms with E-state index >= 15 is 0 Å². The van der Waals surface area contributed by atoms with E-state index in [1.165, 1.54) is 4.88 Å². The summed E-state index contributed by atoms with van der Waals surface area (Å²) in [6, 6.07) is 0. The van der Waals surface area contributed by atoms with Gasteiger partial charge in [0.2, 0.25) is 0 Å². The van der Waals surface area contributed by atoms with Gasteiger partial charge < -0.3 is 15.2 Å². The molecule has 0 aromatic carbocycles. The fourth-order valence-corrected chi connectivity index (χ4v) is 2.87. The predicted molar refractivity (Wildman–Crippen MR) is 86.4 cm³/mol. The monoisotopic (exact) mass is 314 g/mol. The molecule has 0 aliphatic carbocycles. The molecule has 0 amide bonds. The van der Waals surface area contributed by atoms with Gasteiger partial charge in [-0.2, -0.15) is 0 Å². The maximum absolute atomic E-state index is 9.73. The van der Waals surface area contributed by atoms with Gasteiger partial charge in [0.15, 0.2) is 0 Å². The number of ether oxygens (including phenoxy) is 1. The van der Waals surface area contributed by atoms with Gasteiger partial charge in [0.1, 0.15) is 0 Å². The molecule has 0 fully saturated rings. The van der Waals surface area contributed by atoms with E-state index in [0.29, 0.717) is 19.8 Å². The molecule has 2 N–H and O–H groups in total. The fourth-order valence-electron chi connectivity index (χ4n) is 1.55. The summed E-state index contributed by atoms with van der Waals surface area (Å²) in [5.74, 6) is 4.28. The molecule has 0 saturated heterocycles. The van der Waals surface area contributed by atoms with Crippen LogP contribution in [0, 0.1) is 19.3 Å². The van der Waals surface area contributed by atoms with Crippen molar-refractivity contribution in [3.63, 3.8) is 0 Å². The molecule has 20 heavy (non-hydrogen) atoms. The molecule has 1 heterocycles. The molecule has 1 unspecified atom stereocenters. The van der Waals surface area contributed by atoms with Gasteiger partial charge in [0, 0.05) is 30.1 Å². The second-order valence-corrected chi connectivity index (χ2v) is 6.35. The number of terminal acetylenes is 1. The van der Waals surface area contributed by atoms with E-state index in [1.807, 2.05) is 12.4 Å². The number of aliphatic hydroxyl groups is 1. The Labute approximate surface area is 129 Å². The van der Waals surface area contributed by atoms with Gasteiger partial charge in [-0.25, -0.2) is 4.98 Å². The fraction of sp³-hybridized carbons (Fsp3) is 0.643. The van der Waals surface area contributed by atoms with Crippen LogP contribution in [0.25, 0.3) is 0 Å². The Bertz CT molecular complexity index is 404. The number of aliphatic hydroxyl groups excluding tert-OH is 1. The van der Waals surface area contributed by atoms with Crippen molar-refractivity contribution in [3.8, 4) is 12.3 Å². The van der Waals surface area contributed by atoms with Crippen LogP contribution in [0.5, 0.6) is 0 Å². The topological polar surface area (TPSA) is 54.4 Å². The second-order valence-electron chi connectivity index (χ2n) is 4.30. The highest BCUT2D eigenvalue weighted by Gasteiger charge is 2.05. The molecule has 0 radical (unpaired) electrons. The van der Waals surface area contributed by atoms with Crippen molar-refractivity contribution in [1.29, 1.82) is 0 Å². The van der Waals surface area contributed by atoms with Gasteiger partial charge in [-0.05, 0) is 6.92 Å². The lowest BCUT2D eigenvalue weighted by atomic mass is 10.3. The third-order valence-corrected chi connectivity index (χ3v) is 4.48. The third-order valence-electron chi connectivity index (χ3n) is 2.62. The van der Waals surface area contributed by atoms with Crippen molar-refractivity contribution < 1.29 is 9.84 Å². The first-order valence-electron chi connectivity index (χ1n) is 6.60. The van der Waals surface area contributed by atoms with Crippen LogP contribution in [0.1, 0.15) is 10.6 Å². The first kappa shape index (κ1) is 17.5. The highest BCUT2D eigenvalue weighted by Crippen LogP contribution is 2.12. The lowest BCUT2D eigenvalue weighted by Crippen LogP contribution is -2.32. The Morgan fingerprint density at radius 1 is 1.65 bits per heavy atom. The number of nitrogens with zero attached hydrogens (tertiary/aromatic N) is 1. The van der Waals surface area contributed by atoms with Crippen molar-refractivity contribution in [2.45, 2.75) is 19.4 Å². The number of aromatic nitrogens is 1. The molecule has 0 spiro atoms. The van der Waals surface area contributed by atoms with Gasteiger partial charge in [-0.3, -0.25) is 0 Å². The van der Waals surface area contributed by atoms with E-state index in [2.05, 4.69) is 16.2 Å². The van der Waals surface area contributed by atoms with Gasteiger partial charge >= 0.3 is 0 Å². The van der Waals surface area contributed by atoms with Crippen LogP contribution in [0.15, 0.2) is 5.51 Å². The van der Waals surface area contributed by atoms with Crippen molar-refractivity contribution in [3.05, 3.63) is 16.1 Å². The number of hydrogen-bond donors (Lipinski definition) is 2. The summed E-state index contributed by atoms with van der Waals surface area (Å²) < 4.78 is 5.48. The summed E-state index contributed by atoms with van der Waals surface area (Å²) in [4.78, 5) is 5.44. The van der Waals surface area contributed by atoms with E-state index in [9.17, 15) is 5.11 Å². The Balaban J connectivity index is 1.94. The lowest BCUT2D eigenvalue weighted by Gasteiger charge is -2.12. The molecule has 0 aliphatic heterocycles. The maximum Gasteiger partial charge on any atom is 0.0897 e. The summed E-state index contributed by atoms with van der Waals surface area (Å²) >= 11 is 3.36. The molecule has 0 saturated carbocycles. The second kappa shape index (κ2) is 11.1. The lowest BCUT2D eigenvalue weighted by molar-refractivity contribution is 0.0388. The SMILES string of the molecule is C#CCSCCNCC(O)COCCc1scnc1C. The minimum Gasteiger partial charge on any atom is -0.389 e. The van der Waals surface area contributed by atoms with E-state index < -0.39 is 6.10 Å². The third kappa shape index (κ3) is 7.88. The first-order valence-corrected chi connectivity index (χ1v) is 8.64. The van der Waals surface area contributed by atoms with Crippen molar-refractivity contribution in [2.75, 3.05) is 37.8 Å². The van der Waals surface area contributed by atoms with Crippen LogP contribution in [-0.4, -0.2) is 54.0 Å². The zero-order valence-corrected chi connectivity index (χ0v) is 13.4. The van der Waals surface area contributed by atoms with Crippen molar-refractivity contribution >= 4 is 23.1 Å². The molecular weight excluding hydrogens is 292 g/mol. The molecule has 6 heteroatoms. The quantitative estimate of drug-likeness (QED) is 0.477. The maximum atomic E-state index is 9.73. The minimum absolute atomic E-state index is 0.363. The smallest absolute Gasteiger partial charge is 0.0897 e. The summed E-state index contributed by atoms with van der Waals surface area (Å²) in [7, 11) is 0. The molecule has 1 aromatic rings. The number of thiazole rings is 1. The Hall–Kier alpha value is -0.580. The standard InChI is InChI=1S/C14H22N2O2S2/c1-3-7-19-8-5-15-9-13(17)10-18-6-4-14-12(2)16-11-20-14/h1,11,13,15,17H,4-10H2,2H3. The zero-order chi connectivity index (χ0) is 14.6. The van der Waals surface area contributed by atoms with Gasteiger partial charge in [0.05, 0.1) is 36.3 Å². The average Bonchev–Trinajstić information content (AvgIpc) is 2.84. The van der Waals surface area contributed by atoms with E-state index in [0.717, 1.165) is 30.2 Å². The first-order chi connectivity index (χ1) is 9.74. The molecule has 112 valence electrons. The summed E-state index contributed by atoms with van der Waals surface area (Å²) in [6.45, 7) is 4.39. The minimum atomic E-state index is -0.463. The highest BCUT2D eigenvalue weighted by atomic mass is 32.2. The molecular formula is C14H22N2O2S2. The number of hydrogen-bond acceptors (Lipinski definition) is 6. The Kier molecular flexibility index (Phi) is 9.71. The average molecular weight is 314 g/mol. The van der Waals surface area contributed by atoms with Gasteiger partial charge in [-0.15, -0.1) is 29.5 Å². The number of rotatable bonds is 11. The summed E-state index contributed by atoms with van der Waals surface area (Å²) in [6.07, 6.45) is 5.55. The van der Waals surface area contributed by atoms with Crippen LogP contribution < -0.4 is 5.32 Å². The Morgan fingerprint density at radius 2 is 2.50 bits per heavy atom. The summed E-state index contributed by atoms with van der Waals surface area (Å²) in [5.41, 5.74) is 2.92. The van der Waals surface area contributed by atoms with Gasteiger partial charge in [-0.1, -0.05) is 5.92 Å². The number of thioether (sulfide) groups is 1. The predicted octanol–water partition coefficient (Wildman–Crippen LogP) is 1.33. The van der Waals surface area contributed by atoms with Crippen LogP contribution >= 0.6 is 23.1 Å². The van der Waals surface area contributed by atoms with Crippen LogP contribution in [0.3, 0.4) is 0 Å². The molecule has 1 rings (SSSR count). The normalized spacial score (nSPS) is 12.2. The zero-order valence-electron chi connectivity index (χ0n) is 11.8. The highest BCUT2D eigenvalue weighted by molar-refractivity contribution is 7.99. The molecule has 0 bridgehead atoms. The Morgan fingerprint density at radius 3 is 3.20 bits per heavy atom. The summed E-state index contributed by atoms with van der Waals surface area (Å²) in [5, 5.41) is 12.9. The van der Waals surface area contributed by atoms with E-state index in [1.54, 1.807) is 23.1 Å². The largest absolute Gasteiger partial charge is 0.389 e. The van der Waals surface area contributed by atoms with Crippen LogP contribution in [0.2, 0.25) is 0 Å². The van der Waals surface area contributed by atoms with Crippen LogP contribution in [0.4, 0.5) is 0 Å². The number of aryl methyl sites for hydroxylation is 1. The van der Waals surface area contributed by atoms with Crippen molar-refractivity contribution in [1.82, 2.24) is 10.3 Å². The van der Waals surface area contributed by atoms with Crippen molar-refractivity contribution in [2.24, 2.45) is 0 Å². The number of nitrogens with one attached hydrogen (secondary N) is 1. The molecule has 1 aromatic heterocycles. The molecule has 1 atom stereocenters. The van der Waals surface area contributed by atoms with E-state index in [-0.39, 0.29) is 0 Å². The van der Waals surface area contributed by atoms with E-state index in [4.69, 9.17) is 11.2 Å². The molecule has 0 aliphatic rings. The molecule has 4 nitrogen and oxygen atoms in total. The van der Waals surface area contributed by atoms with Crippen LogP contribution in [-0.2, 0) is 11.2 Å². The van der Waals surface area contributed by atoms with Gasteiger partial charge in [0.25, 0.3) is 0 Å².